The summed E-state index contributed by atoms with van der Waals surface area (Å²) in [4.78, 5) is 6.09. The second-order valence-electron chi connectivity index (χ2n) is 5.95. The standard InChI is InChI=1S/C21H19NOS2/c1-24-15-19-21(16-9-4-2-5-10-16,17-11-6-3-7-12-17)23-20(22-19)18-13-8-14-25-18/h2-14,19H,15H2,1H3/t19-/m1/s1. The van der Waals surface area contributed by atoms with Gasteiger partial charge in [-0.05, 0) is 17.7 Å². The van der Waals surface area contributed by atoms with E-state index in [9.17, 15) is 0 Å². The van der Waals surface area contributed by atoms with Crippen LogP contribution in [0.15, 0.2) is 83.2 Å². The van der Waals surface area contributed by atoms with Crippen molar-refractivity contribution in [3.05, 3.63) is 94.2 Å². The summed E-state index contributed by atoms with van der Waals surface area (Å²) in [6.07, 6.45) is 2.12. The van der Waals surface area contributed by atoms with E-state index in [0.717, 1.165) is 27.7 Å². The van der Waals surface area contributed by atoms with Crippen molar-refractivity contribution in [2.24, 2.45) is 4.99 Å². The van der Waals surface area contributed by atoms with E-state index in [4.69, 9.17) is 9.73 Å². The van der Waals surface area contributed by atoms with Crippen LogP contribution >= 0.6 is 23.1 Å². The molecule has 0 N–H and O–H groups in total. The number of hydrogen-bond acceptors (Lipinski definition) is 4. The van der Waals surface area contributed by atoms with Crippen molar-refractivity contribution in [1.29, 1.82) is 0 Å². The molecule has 25 heavy (non-hydrogen) atoms. The molecular formula is C21H19NOS2. The van der Waals surface area contributed by atoms with Crippen molar-refractivity contribution >= 4 is 29.0 Å². The van der Waals surface area contributed by atoms with Gasteiger partial charge in [-0.25, -0.2) is 4.99 Å². The highest BCUT2D eigenvalue weighted by Crippen LogP contribution is 2.44. The lowest BCUT2D eigenvalue weighted by atomic mass is 9.81. The van der Waals surface area contributed by atoms with E-state index in [0.29, 0.717) is 0 Å². The van der Waals surface area contributed by atoms with Gasteiger partial charge in [0.05, 0.1) is 4.88 Å². The Hall–Kier alpha value is -2.04. The Labute approximate surface area is 156 Å². The Morgan fingerprint density at radius 1 is 0.960 bits per heavy atom. The van der Waals surface area contributed by atoms with Gasteiger partial charge in [0.1, 0.15) is 6.04 Å². The predicted octanol–water partition coefficient (Wildman–Crippen LogP) is 5.20. The Morgan fingerprint density at radius 3 is 2.12 bits per heavy atom. The number of nitrogens with zero attached hydrogens (tertiary/aromatic N) is 1. The first-order valence-corrected chi connectivity index (χ1v) is 10.5. The molecule has 4 heteroatoms. The van der Waals surface area contributed by atoms with Crippen LogP contribution in [0.5, 0.6) is 0 Å². The Bertz CT molecular complexity index is 805. The molecule has 0 spiro atoms. The fraction of sp³-hybridized carbons (Fsp3) is 0.190. The summed E-state index contributed by atoms with van der Waals surface area (Å²) in [5, 5.41) is 2.07. The van der Waals surface area contributed by atoms with Crippen molar-refractivity contribution in [1.82, 2.24) is 0 Å². The summed E-state index contributed by atoms with van der Waals surface area (Å²) in [6.45, 7) is 0. The minimum atomic E-state index is -0.579. The third kappa shape index (κ3) is 2.90. The Balaban J connectivity index is 1.88. The van der Waals surface area contributed by atoms with Gasteiger partial charge in [-0.2, -0.15) is 11.8 Å². The SMILES string of the molecule is CSC[C@H]1N=C(c2cccs2)OC1(c1ccccc1)c1ccccc1. The maximum atomic E-state index is 6.68. The van der Waals surface area contributed by atoms with Gasteiger partial charge in [-0.1, -0.05) is 66.7 Å². The molecule has 0 saturated carbocycles. The number of thiophene rings is 1. The molecule has 0 aliphatic carbocycles. The van der Waals surface area contributed by atoms with Crippen molar-refractivity contribution < 1.29 is 4.74 Å². The zero-order valence-electron chi connectivity index (χ0n) is 14.0. The number of hydrogen-bond donors (Lipinski definition) is 0. The van der Waals surface area contributed by atoms with Gasteiger partial charge < -0.3 is 4.74 Å². The van der Waals surface area contributed by atoms with Gasteiger partial charge in [-0.15, -0.1) is 11.3 Å². The Morgan fingerprint density at radius 2 is 1.60 bits per heavy atom. The van der Waals surface area contributed by atoms with Crippen molar-refractivity contribution in [2.45, 2.75) is 11.6 Å². The zero-order valence-corrected chi connectivity index (χ0v) is 15.6. The molecule has 0 fully saturated rings. The number of benzene rings is 2. The highest BCUT2D eigenvalue weighted by Gasteiger charge is 2.49. The summed E-state index contributed by atoms with van der Waals surface area (Å²) in [7, 11) is 0. The molecule has 1 aliphatic heterocycles. The molecule has 0 saturated heterocycles. The molecule has 2 heterocycles. The van der Waals surface area contributed by atoms with Gasteiger partial charge in [0, 0.05) is 16.9 Å². The first-order chi connectivity index (χ1) is 12.3. The van der Waals surface area contributed by atoms with Gasteiger partial charge in [0.15, 0.2) is 5.60 Å². The third-order valence-electron chi connectivity index (χ3n) is 4.46. The van der Waals surface area contributed by atoms with Crippen LogP contribution in [0.2, 0.25) is 0 Å². The van der Waals surface area contributed by atoms with Crippen molar-refractivity contribution in [3.8, 4) is 0 Å². The van der Waals surface area contributed by atoms with E-state index in [1.165, 1.54) is 0 Å². The van der Waals surface area contributed by atoms with Crippen molar-refractivity contribution in [3.63, 3.8) is 0 Å². The highest BCUT2D eigenvalue weighted by atomic mass is 32.2. The van der Waals surface area contributed by atoms with E-state index in [1.807, 2.05) is 18.2 Å². The van der Waals surface area contributed by atoms with Gasteiger partial charge in [0.25, 0.3) is 0 Å². The maximum Gasteiger partial charge on any atom is 0.228 e. The quantitative estimate of drug-likeness (QED) is 0.620. The van der Waals surface area contributed by atoms with Crippen molar-refractivity contribution in [2.75, 3.05) is 12.0 Å². The molecule has 0 amide bonds. The minimum Gasteiger partial charge on any atom is -0.458 e. The number of thioether (sulfide) groups is 1. The van der Waals surface area contributed by atoms with Crippen LogP contribution in [0.25, 0.3) is 0 Å². The predicted molar refractivity (Wildman–Crippen MR) is 108 cm³/mol. The van der Waals surface area contributed by atoms with Gasteiger partial charge >= 0.3 is 0 Å². The lowest BCUT2D eigenvalue weighted by Crippen LogP contribution is -2.40. The largest absolute Gasteiger partial charge is 0.458 e. The molecule has 126 valence electrons. The molecule has 3 aromatic rings. The van der Waals surface area contributed by atoms with Crippen LogP contribution in [0.4, 0.5) is 0 Å². The highest BCUT2D eigenvalue weighted by molar-refractivity contribution is 7.98. The second-order valence-corrected chi connectivity index (χ2v) is 7.81. The van der Waals surface area contributed by atoms with Crippen LogP contribution in [0, 0.1) is 0 Å². The summed E-state index contributed by atoms with van der Waals surface area (Å²) < 4.78 is 6.68. The first kappa shape index (κ1) is 16.4. The molecule has 1 atom stereocenters. The average Bonchev–Trinajstić information content (AvgIpc) is 3.32. The molecule has 1 aliphatic rings. The lowest BCUT2D eigenvalue weighted by molar-refractivity contribution is 0.106. The first-order valence-electron chi connectivity index (χ1n) is 8.25. The third-order valence-corrected chi connectivity index (χ3v) is 5.97. The Kier molecular flexibility index (Phi) is 4.64. The normalized spacial score (nSPS) is 18.6. The fourth-order valence-electron chi connectivity index (χ4n) is 3.35. The van der Waals surface area contributed by atoms with Crippen LogP contribution in [0.3, 0.4) is 0 Å². The fourth-order valence-corrected chi connectivity index (χ4v) is 4.63. The van der Waals surface area contributed by atoms with Crippen LogP contribution < -0.4 is 0 Å². The number of rotatable bonds is 5. The minimum absolute atomic E-state index is 0.0319. The molecule has 0 bridgehead atoms. The molecule has 4 rings (SSSR count). The molecule has 2 aromatic carbocycles. The van der Waals surface area contributed by atoms with E-state index in [1.54, 1.807) is 23.1 Å². The topological polar surface area (TPSA) is 21.6 Å². The average molecular weight is 366 g/mol. The molecule has 1 aromatic heterocycles. The maximum absolute atomic E-state index is 6.68. The summed E-state index contributed by atoms with van der Waals surface area (Å²) in [5.41, 5.74) is 1.72. The monoisotopic (exact) mass is 365 g/mol. The number of aliphatic imine (C=N–C) groups is 1. The van der Waals surface area contributed by atoms with Gasteiger partial charge in [0.2, 0.25) is 5.90 Å². The van der Waals surface area contributed by atoms with Crippen LogP contribution in [0.1, 0.15) is 16.0 Å². The smallest absolute Gasteiger partial charge is 0.228 e. The van der Waals surface area contributed by atoms with E-state index < -0.39 is 5.60 Å². The summed E-state index contributed by atoms with van der Waals surface area (Å²) in [5.74, 6) is 1.65. The second kappa shape index (κ2) is 7.06. The molecule has 0 radical (unpaired) electrons. The zero-order chi connectivity index (χ0) is 17.1. The summed E-state index contributed by atoms with van der Waals surface area (Å²) in [6, 6.07) is 25.1. The van der Waals surface area contributed by atoms with Gasteiger partial charge in [-0.3, -0.25) is 0 Å². The van der Waals surface area contributed by atoms with E-state index >= 15 is 0 Å². The molecular weight excluding hydrogens is 346 g/mol. The number of ether oxygens (including phenoxy) is 1. The molecule has 0 unspecified atom stereocenters. The van der Waals surface area contributed by atoms with Crippen LogP contribution in [-0.2, 0) is 10.3 Å². The van der Waals surface area contributed by atoms with E-state index in [2.05, 4.69) is 66.2 Å². The van der Waals surface area contributed by atoms with Crippen LogP contribution in [-0.4, -0.2) is 23.9 Å². The summed E-state index contributed by atoms with van der Waals surface area (Å²) >= 11 is 3.47. The lowest BCUT2D eigenvalue weighted by Gasteiger charge is -2.34. The van der Waals surface area contributed by atoms with E-state index in [-0.39, 0.29) is 6.04 Å². The molecule has 2 nitrogen and oxygen atoms in total.